The van der Waals surface area contributed by atoms with E-state index in [-0.39, 0.29) is 22.6 Å². The molecule has 2 N–H and O–H groups in total. The first kappa shape index (κ1) is 21.9. The molecule has 2 amide bonds. The zero-order valence-electron chi connectivity index (χ0n) is 16.6. The van der Waals surface area contributed by atoms with E-state index < -0.39 is 15.8 Å². The van der Waals surface area contributed by atoms with Gasteiger partial charge in [0.15, 0.2) is 0 Å². The van der Waals surface area contributed by atoms with Crippen molar-refractivity contribution in [2.75, 3.05) is 25.0 Å². The Hall–Kier alpha value is -2.78. The number of nitrogens with zero attached hydrogens (tertiary/aromatic N) is 1. The van der Waals surface area contributed by atoms with Crippen LogP contribution in [0.25, 0.3) is 0 Å². The van der Waals surface area contributed by atoms with Crippen LogP contribution in [0.3, 0.4) is 0 Å². The SMILES string of the molecule is CCNS(=O)(=O)c1ccc(NC(=O)C2CCN(C(=O)c3ccc(F)cc3)CC2)cc1. The van der Waals surface area contributed by atoms with Gasteiger partial charge in [-0.1, -0.05) is 6.92 Å². The van der Waals surface area contributed by atoms with Crippen molar-refractivity contribution in [1.82, 2.24) is 9.62 Å². The maximum atomic E-state index is 13.0. The molecule has 2 aromatic rings. The van der Waals surface area contributed by atoms with E-state index in [1.807, 2.05) is 0 Å². The highest BCUT2D eigenvalue weighted by Crippen LogP contribution is 2.22. The maximum Gasteiger partial charge on any atom is 0.253 e. The summed E-state index contributed by atoms with van der Waals surface area (Å²) in [6.07, 6.45) is 1.04. The molecule has 1 fully saturated rings. The van der Waals surface area contributed by atoms with E-state index in [4.69, 9.17) is 0 Å². The fourth-order valence-corrected chi connectivity index (χ4v) is 4.40. The molecule has 1 saturated heterocycles. The van der Waals surface area contributed by atoms with E-state index in [0.717, 1.165) is 0 Å². The van der Waals surface area contributed by atoms with Crippen LogP contribution in [0, 0.1) is 11.7 Å². The topological polar surface area (TPSA) is 95.6 Å². The molecule has 9 heteroatoms. The Kier molecular flexibility index (Phi) is 6.84. The molecule has 1 aliphatic heterocycles. The lowest BCUT2D eigenvalue weighted by Crippen LogP contribution is -2.41. The largest absolute Gasteiger partial charge is 0.339 e. The van der Waals surface area contributed by atoms with Crippen molar-refractivity contribution in [3.8, 4) is 0 Å². The predicted molar refractivity (Wildman–Crippen MR) is 111 cm³/mol. The second-order valence-electron chi connectivity index (χ2n) is 7.09. The van der Waals surface area contributed by atoms with Crippen LogP contribution in [-0.4, -0.2) is 44.8 Å². The van der Waals surface area contributed by atoms with Gasteiger partial charge in [0.2, 0.25) is 15.9 Å². The van der Waals surface area contributed by atoms with Gasteiger partial charge in [0, 0.05) is 36.8 Å². The van der Waals surface area contributed by atoms with Crippen molar-refractivity contribution < 1.29 is 22.4 Å². The van der Waals surface area contributed by atoms with Crippen LogP contribution in [0.2, 0.25) is 0 Å². The molecule has 1 heterocycles. The highest BCUT2D eigenvalue weighted by atomic mass is 32.2. The molecule has 0 aromatic heterocycles. The van der Waals surface area contributed by atoms with Crippen molar-refractivity contribution in [2.45, 2.75) is 24.7 Å². The number of hydrogen-bond donors (Lipinski definition) is 2. The molecule has 1 aliphatic rings. The van der Waals surface area contributed by atoms with E-state index in [9.17, 15) is 22.4 Å². The monoisotopic (exact) mass is 433 g/mol. The third kappa shape index (κ3) is 5.22. The Labute approximate surface area is 175 Å². The fourth-order valence-electron chi connectivity index (χ4n) is 3.35. The molecule has 30 heavy (non-hydrogen) atoms. The van der Waals surface area contributed by atoms with Gasteiger partial charge in [-0.05, 0) is 61.4 Å². The number of nitrogens with one attached hydrogen (secondary N) is 2. The summed E-state index contributed by atoms with van der Waals surface area (Å²) in [5, 5.41) is 2.80. The molecular formula is C21H24FN3O4S. The summed E-state index contributed by atoms with van der Waals surface area (Å²) in [6.45, 7) is 2.87. The predicted octanol–water partition coefficient (Wildman–Crippen LogP) is 2.61. The summed E-state index contributed by atoms with van der Waals surface area (Å²) in [7, 11) is -3.54. The third-order valence-electron chi connectivity index (χ3n) is 5.01. The van der Waals surface area contributed by atoms with Crippen molar-refractivity contribution in [3.63, 3.8) is 0 Å². The Morgan fingerprint density at radius 2 is 1.63 bits per heavy atom. The summed E-state index contributed by atoms with van der Waals surface area (Å²) >= 11 is 0. The van der Waals surface area contributed by atoms with E-state index in [0.29, 0.717) is 43.7 Å². The van der Waals surface area contributed by atoms with Gasteiger partial charge in [-0.15, -0.1) is 0 Å². The highest BCUT2D eigenvalue weighted by Gasteiger charge is 2.28. The summed E-state index contributed by atoms with van der Waals surface area (Å²) in [5.41, 5.74) is 0.937. The number of carbonyl (C=O) groups excluding carboxylic acids is 2. The smallest absolute Gasteiger partial charge is 0.253 e. The minimum Gasteiger partial charge on any atom is -0.339 e. The molecular weight excluding hydrogens is 409 g/mol. The molecule has 0 spiro atoms. The second kappa shape index (κ2) is 9.36. The first-order valence-corrected chi connectivity index (χ1v) is 11.2. The lowest BCUT2D eigenvalue weighted by Gasteiger charge is -2.31. The molecule has 7 nitrogen and oxygen atoms in total. The average molecular weight is 434 g/mol. The lowest BCUT2D eigenvalue weighted by molar-refractivity contribution is -0.121. The Bertz CT molecular complexity index is 1000. The summed E-state index contributed by atoms with van der Waals surface area (Å²) in [6, 6.07) is 11.4. The summed E-state index contributed by atoms with van der Waals surface area (Å²) < 4.78 is 39.4. The van der Waals surface area contributed by atoms with E-state index in [2.05, 4.69) is 10.0 Å². The number of hydrogen-bond acceptors (Lipinski definition) is 4. The van der Waals surface area contributed by atoms with Crippen LogP contribution in [0.4, 0.5) is 10.1 Å². The number of halogens is 1. The van der Waals surface area contributed by atoms with Gasteiger partial charge >= 0.3 is 0 Å². The fraction of sp³-hybridized carbons (Fsp3) is 0.333. The highest BCUT2D eigenvalue weighted by molar-refractivity contribution is 7.89. The quantitative estimate of drug-likeness (QED) is 0.732. The maximum absolute atomic E-state index is 13.0. The summed E-state index contributed by atoms with van der Waals surface area (Å²) in [4.78, 5) is 26.8. The number of amides is 2. The normalized spacial score (nSPS) is 15.1. The van der Waals surface area contributed by atoms with Crippen molar-refractivity contribution in [1.29, 1.82) is 0 Å². The number of likely N-dealkylation sites (tertiary alicyclic amines) is 1. The molecule has 0 aliphatic carbocycles. The van der Waals surface area contributed by atoms with E-state index >= 15 is 0 Å². The Balaban J connectivity index is 1.54. The molecule has 0 atom stereocenters. The molecule has 0 radical (unpaired) electrons. The summed E-state index contributed by atoms with van der Waals surface area (Å²) in [5.74, 6) is -0.973. The molecule has 160 valence electrons. The Morgan fingerprint density at radius 1 is 1.03 bits per heavy atom. The van der Waals surface area contributed by atoms with Gasteiger partial charge in [-0.25, -0.2) is 17.5 Å². The van der Waals surface area contributed by atoms with Crippen LogP contribution in [0.1, 0.15) is 30.1 Å². The first-order valence-electron chi connectivity index (χ1n) is 9.75. The van der Waals surface area contributed by atoms with Crippen LogP contribution in [0.5, 0.6) is 0 Å². The van der Waals surface area contributed by atoms with Gasteiger partial charge in [0.1, 0.15) is 5.82 Å². The van der Waals surface area contributed by atoms with Crippen LogP contribution < -0.4 is 10.0 Å². The van der Waals surface area contributed by atoms with Crippen LogP contribution in [0.15, 0.2) is 53.4 Å². The number of sulfonamides is 1. The number of rotatable bonds is 6. The minimum atomic E-state index is -3.54. The van der Waals surface area contributed by atoms with Gasteiger partial charge < -0.3 is 10.2 Å². The number of piperidine rings is 1. The average Bonchev–Trinajstić information content (AvgIpc) is 2.74. The minimum absolute atomic E-state index is 0.134. The second-order valence-corrected chi connectivity index (χ2v) is 8.86. The zero-order chi connectivity index (χ0) is 21.7. The molecule has 0 saturated carbocycles. The van der Waals surface area contributed by atoms with Gasteiger partial charge in [-0.3, -0.25) is 9.59 Å². The Morgan fingerprint density at radius 3 is 2.20 bits per heavy atom. The molecule has 2 aromatic carbocycles. The standard InChI is InChI=1S/C21H24FN3O4S/c1-2-23-30(28,29)19-9-7-18(8-10-19)24-20(26)15-11-13-25(14-12-15)21(27)16-3-5-17(22)6-4-16/h3-10,15,23H,2,11-14H2,1H3,(H,24,26). The van der Waals surface area contributed by atoms with E-state index in [1.54, 1.807) is 24.0 Å². The van der Waals surface area contributed by atoms with E-state index in [1.165, 1.54) is 36.4 Å². The van der Waals surface area contributed by atoms with Crippen molar-refractivity contribution in [2.24, 2.45) is 5.92 Å². The first-order chi connectivity index (χ1) is 14.3. The lowest BCUT2D eigenvalue weighted by atomic mass is 9.95. The van der Waals surface area contributed by atoms with Crippen LogP contribution >= 0.6 is 0 Å². The molecule has 3 rings (SSSR count). The number of carbonyl (C=O) groups is 2. The molecule has 0 unspecified atom stereocenters. The number of anilines is 1. The molecule has 0 bridgehead atoms. The zero-order valence-corrected chi connectivity index (χ0v) is 17.4. The van der Waals surface area contributed by atoms with Crippen molar-refractivity contribution in [3.05, 3.63) is 59.9 Å². The van der Waals surface area contributed by atoms with Crippen molar-refractivity contribution >= 4 is 27.5 Å². The van der Waals surface area contributed by atoms with Crippen LogP contribution in [-0.2, 0) is 14.8 Å². The van der Waals surface area contributed by atoms with Gasteiger partial charge in [0.25, 0.3) is 5.91 Å². The van der Waals surface area contributed by atoms with Gasteiger partial charge in [-0.2, -0.15) is 0 Å². The number of benzene rings is 2. The van der Waals surface area contributed by atoms with Gasteiger partial charge in [0.05, 0.1) is 4.90 Å². The third-order valence-corrected chi connectivity index (χ3v) is 6.57.